The van der Waals surface area contributed by atoms with Gasteiger partial charge in [-0.3, -0.25) is 0 Å². The Morgan fingerprint density at radius 3 is 2.89 bits per heavy atom. The molecular weight excluding hydrogens is 356 g/mol. The highest BCUT2D eigenvalue weighted by atomic mass is 79.9. The van der Waals surface area contributed by atoms with Crippen molar-refractivity contribution in [3.05, 3.63) is 45.9 Å². The maximum absolute atomic E-state index is 12.1. The molecule has 0 spiro atoms. The Kier molecular flexibility index (Phi) is 4.46. The maximum Gasteiger partial charge on any atom is 0.244 e. The van der Waals surface area contributed by atoms with Crippen LogP contribution in [0.15, 0.2) is 40.0 Å². The van der Waals surface area contributed by atoms with Crippen LogP contribution >= 0.6 is 27.5 Å². The van der Waals surface area contributed by atoms with Crippen molar-refractivity contribution in [2.45, 2.75) is 11.4 Å². The summed E-state index contributed by atoms with van der Waals surface area (Å²) in [5, 5.41) is 7.35. The van der Waals surface area contributed by atoms with Crippen LogP contribution in [-0.2, 0) is 16.6 Å². The molecule has 2 aromatic rings. The van der Waals surface area contributed by atoms with E-state index in [1.54, 1.807) is 12.1 Å². The van der Waals surface area contributed by atoms with Crippen molar-refractivity contribution in [2.75, 3.05) is 0 Å². The van der Waals surface area contributed by atoms with E-state index in [-0.39, 0.29) is 16.6 Å². The first-order valence-corrected chi connectivity index (χ1v) is 7.72. The Balaban J connectivity index is 2.21. The molecule has 0 aliphatic heterocycles. The van der Waals surface area contributed by atoms with Crippen LogP contribution in [0, 0.1) is 0 Å². The van der Waals surface area contributed by atoms with Crippen molar-refractivity contribution in [2.24, 2.45) is 0 Å². The lowest BCUT2D eigenvalue weighted by atomic mass is 10.4. The van der Waals surface area contributed by atoms with E-state index < -0.39 is 10.0 Å². The molecular formula is C10H8BrClN4O2S. The van der Waals surface area contributed by atoms with Gasteiger partial charge in [-0.2, -0.15) is 10.2 Å². The zero-order chi connectivity index (χ0) is 13.9. The second kappa shape index (κ2) is 5.91. The van der Waals surface area contributed by atoms with E-state index in [0.29, 0.717) is 10.2 Å². The van der Waals surface area contributed by atoms with Gasteiger partial charge in [-0.25, -0.2) is 18.1 Å². The summed E-state index contributed by atoms with van der Waals surface area (Å²) in [5.74, 6) is 0. The predicted octanol–water partition coefficient (Wildman–Crippen LogP) is 1.77. The number of sulfonamides is 1. The van der Waals surface area contributed by atoms with Gasteiger partial charge in [0.1, 0.15) is 10.0 Å². The molecule has 6 nitrogen and oxygen atoms in total. The highest BCUT2D eigenvalue weighted by Gasteiger charge is 2.19. The highest BCUT2D eigenvalue weighted by Crippen LogP contribution is 2.22. The zero-order valence-electron chi connectivity index (χ0n) is 9.42. The third kappa shape index (κ3) is 3.69. The molecule has 1 N–H and O–H groups in total. The Morgan fingerprint density at radius 2 is 2.21 bits per heavy atom. The molecule has 19 heavy (non-hydrogen) atoms. The number of hydrogen-bond donors (Lipinski definition) is 1. The molecule has 0 unspecified atom stereocenters. The van der Waals surface area contributed by atoms with Gasteiger partial charge in [0.25, 0.3) is 0 Å². The summed E-state index contributed by atoms with van der Waals surface area (Å²) in [5.41, 5.74) is 0.505. The van der Waals surface area contributed by atoms with Gasteiger partial charge in [0.15, 0.2) is 0 Å². The standard InChI is InChI=1S/C10H8BrClN4O2S/c11-7-4-9(10(12)13-5-7)19(17,18)15-6-8-2-1-3-14-16-8/h1-5,15H,6H2. The number of rotatable bonds is 4. The maximum atomic E-state index is 12.1. The van der Waals surface area contributed by atoms with E-state index in [1.807, 2.05) is 0 Å². The van der Waals surface area contributed by atoms with Gasteiger partial charge < -0.3 is 0 Å². The fraction of sp³-hybridized carbons (Fsp3) is 0.100. The molecule has 0 bridgehead atoms. The zero-order valence-corrected chi connectivity index (χ0v) is 12.6. The Hall–Kier alpha value is -1.09. The van der Waals surface area contributed by atoms with E-state index >= 15 is 0 Å². The molecule has 0 saturated heterocycles. The highest BCUT2D eigenvalue weighted by molar-refractivity contribution is 9.10. The predicted molar refractivity (Wildman–Crippen MR) is 73.0 cm³/mol. The second-order valence-electron chi connectivity index (χ2n) is 3.48. The fourth-order valence-electron chi connectivity index (χ4n) is 1.27. The van der Waals surface area contributed by atoms with Crippen LogP contribution in [0.5, 0.6) is 0 Å². The minimum absolute atomic E-state index is 0.0268. The van der Waals surface area contributed by atoms with E-state index in [1.165, 1.54) is 18.5 Å². The average Bonchev–Trinajstić information content (AvgIpc) is 2.40. The van der Waals surface area contributed by atoms with Gasteiger partial charge in [0, 0.05) is 16.9 Å². The van der Waals surface area contributed by atoms with Gasteiger partial charge in [0.05, 0.1) is 12.2 Å². The third-order valence-corrected chi connectivity index (χ3v) is 4.40. The molecule has 0 aliphatic rings. The molecule has 0 atom stereocenters. The molecule has 2 rings (SSSR count). The molecule has 2 aromatic heterocycles. The molecule has 2 heterocycles. The fourth-order valence-corrected chi connectivity index (χ4v) is 3.21. The quantitative estimate of drug-likeness (QED) is 0.837. The van der Waals surface area contributed by atoms with Crippen molar-refractivity contribution in [3.8, 4) is 0 Å². The first-order chi connectivity index (χ1) is 8.99. The number of hydrogen-bond acceptors (Lipinski definition) is 5. The normalized spacial score (nSPS) is 11.5. The molecule has 100 valence electrons. The summed E-state index contributed by atoms with van der Waals surface area (Å²) >= 11 is 8.93. The molecule has 0 amide bonds. The van der Waals surface area contributed by atoms with Gasteiger partial charge in [-0.1, -0.05) is 11.6 Å². The lowest BCUT2D eigenvalue weighted by molar-refractivity contribution is 0.579. The Morgan fingerprint density at radius 1 is 1.42 bits per heavy atom. The third-order valence-electron chi connectivity index (χ3n) is 2.13. The smallest absolute Gasteiger partial charge is 0.242 e. The van der Waals surface area contributed by atoms with Crippen LogP contribution in [0.2, 0.25) is 5.15 Å². The number of nitrogens with zero attached hydrogens (tertiary/aromatic N) is 3. The van der Waals surface area contributed by atoms with Crippen molar-refractivity contribution in [3.63, 3.8) is 0 Å². The second-order valence-corrected chi connectivity index (χ2v) is 6.49. The van der Waals surface area contributed by atoms with Gasteiger partial charge in [-0.15, -0.1) is 0 Å². The number of halogens is 2. The monoisotopic (exact) mass is 362 g/mol. The summed E-state index contributed by atoms with van der Waals surface area (Å²) in [7, 11) is -3.75. The summed E-state index contributed by atoms with van der Waals surface area (Å²) in [6.45, 7) is 0.0268. The van der Waals surface area contributed by atoms with Crippen molar-refractivity contribution in [1.29, 1.82) is 0 Å². The van der Waals surface area contributed by atoms with Gasteiger partial charge in [-0.05, 0) is 34.1 Å². The molecule has 0 radical (unpaired) electrons. The van der Waals surface area contributed by atoms with Gasteiger partial charge >= 0.3 is 0 Å². The number of aromatic nitrogens is 3. The first-order valence-electron chi connectivity index (χ1n) is 5.06. The molecule has 0 fully saturated rings. The summed E-state index contributed by atoms with van der Waals surface area (Å²) in [4.78, 5) is 3.68. The Bertz CT molecular complexity index is 681. The summed E-state index contributed by atoms with van der Waals surface area (Å²) in [6.07, 6.45) is 2.93. The minimum Gasteiger partial charge on any atom is -0.242 e. The largest absolute Gasteiger partial charge is 0.244 e. The van der Waals surface area contributed by atoms with Crippen LogP contribution in [0.25, 0.3) is 0 Å². The van der Waals surface area contributed by atoms with Crippen molar-refractivity contribution >= 4 is 37.6 Å². The average molecular weight is 364 g/mol. The van der Waals surface area contributed by atoms with Crippen LogP contribution < -0.4 is 4.72 Å². The van der Waals surface area contributed by atoms with Crippen LogP contribution in [0.1, 0.15) is 5.69 Å². The van der Waals surface area contributed by atoms with Gasteiger partial charge in [0.2, 0.25) is 10.0 Å². The van der Waals surface area contributed by atoms with Crippen molar-refractivity contribution in [1.82, 2.24) is 19.9 Å². The number of pyridine rings is 1. The van der Waals surface area contributed by atoms with Crippen LogP contribution in [-0.4, -0.2) is 23.6 Å². The lowest BCUT2D eigenvalue weighted by Crippen LogP contribution is -2.24. The summed E-state index contributed by atoms with van der Waals surface area (Å²) < 4.78 is 27.1. The minimum atomic E-state index is -3.75. The van der Waals surface area contributed by atoms with E-state index in [0.717, 1.165) is 0 Å². The van der Waals surface area contributed by atoms with E-state index in [2.05, 4.69) is 35.8 Å². The molecule has 0 aromatic carbocycles. The number of nitrogens with one attached hydrogen (secondary N) is 1. The van der Waals surface area contributed by atoms with E-state index in [9.17, 15) is 8.42 Å². The van der Waals surface area contributed by atoms with Crippen LogP contribution in [0.4, 0.5) is 0 Å². The molecule has 9 heteroatoms. The topological polar surface area (TPSA) is 84.8 Å². The first kappa shape index (κ1) is 14.3. The van der Waals surface area contributed by atoms with E-state index in [4.69, 9.17) is 11.6 Å². The lowest BCUT2D eigenvalue weighted by Gasteiger charge is -2.07. The molecule has 0 saturated carbocycles. The molecule has 0 aliphatic carbocycles. The SMILES string of the molecule is O=S(=O)(NCc1cccnn1)c1cc(Br)cnc1Cl. The summed E-state index contributed by atoms with van der Waals surface area (Å²) in [6, 6.07) is 4.72. The van der Waals surface area contributed by atoms with Crippen LogP contribution in [0.3, 0.4) is 0 Å². The Labute approximate surface area is 123 Å². The van der Waals surface area contributed by atoms with Crippen molar-refractivity contribution < 1.29 is 8.42 Å².